The molecule has 4 atom stereocenters. The Morgan fingerprint density at radius 2 is 1.23 bits per heavy atom. The molecule has 5 rings (SSSR count). The van der Waals surface area contributed by atoms with Gasteiger partial charge in [0.05, 0.1) is 6.04 Å². The third-order valence-electron chi connectivity index (χ3n) is 8.42. The molecule has 250 valence electrons. The van der Waals surface area contributed by atoms with Crippen molar-refractivity contribution in [1.82, 2.24) is 25.9 Å². The summed E-state index contributed by atoms with van der Waals surface area (Å²) in [5, 5.41) is 29.5. The number of phenols is 1. The van der Waals surface area contributed by atoms with E-state index in [0.29, 0.717) is 5.56 Å². The number of nitrogens with two attached hydrogens (primary N) is 1. The van der Waals surface area contributed by atoms with Crippen LogP contribution in [0.25, 0.3) is 21.8 Å². The molecule has 0 aliphatic carbocycles. The molecule has 0 aliphatic rings. The van der Waals surface area contributed by atoms with E-state index in [1.807, 2.05) is 54.7 Å². The van der Waals surface area contributed by atoms with Crippen LogP contribution in [0.4, 0.5) is 0 Å². The summed E-state index contributed by atoms with van der Waals surface area (Å²) in [5.74, 6) is -3.43. The van der Waals surface area contributed by atoms with Gasteiger partial charge in [0.2, 0.25) is 17.7 Å². The first-order valence-electron chi connectivity index (χ1n) is 15.8. The number of aromatic amines is 2. The number of aromatic nitrogens is 2. The van der Waals surface area contributed by atoms with Crippen LogP contribution in [0.15, 0.2) is 85.2 Å². The molecule has 0 spiro atoms. The molecule has 9 N–H and O–H groups in total. The van der Waals surface area contributed by atoms with E-state index in [2.05, 4.69) is 25.9 Å². The monoisotopic (exact) mass is 652 g/mol. The van der Waals surface area contributed by atoms with E-state index >= 15 is 0 Å². The molecule has 0 fully saturated rings. The predicted octanol–water partition coefficient (Wildman–Crippen LogP) is 2.91. The number of aliphatic carboxylic acids is 1. The lowest BCUT2D eigenvalue weighted by molar-refractivity contribution is -0.142. The van der Waals surface area contributed by atoms with E-state index < -0.39 is 47.9 Å². The second kappa shape index (κ2) is 14.9. The number of carboxylic acid groups (broad SMARTS) is 1. The van der Waals surface area contributed by atoms with Gasteiger partial charge >= 0.3 is 5.97 Å². The fourth-order valence-electron chi connectivity index (χ4n) is 5.76. The minimum absolute atomic E-state index is 0.0295. The Balaban J connectivity index is 1.33. The molecule has 12 nitrogen and oxygen atoms in total. The van der Waals surface area contributed by atoms with Crippen molar-refractivity contribution in [2.24, 2.45) is 11.7 Å². The van der Waals surface area contributed by atoms with Crippen molar-refractivity contribution in [2.75, 3.05) is 0 Å². The van der Waals surface area contributed by atoms with Gasteiger partial charge in [0, 0.05) is 47.0 Å². The average Bonchev–Trinajstić information content (AvgIpc) is 3.67. The second-order valence-corrected chi connectivity index (χ2v) is 12.3. The molecule has 48 heavy (non-hydrogen) atoms. The Morgan fingerprint density at radius 1 is 0.688 bits per heavy atom. The summed E-state index contributed by atoms with van der Waals surface area (Å²) >= 11 is 0. The lowest BCUT2D eigenvalue weighted by Gasteiger charge is -2.27. The highest BCUT2D eigenvalue weighted by molar-refractivity contribution is 5.95. The van der Waals surface area contributed by atoms with Crippen molar-refractivity contribution in [3.8, 4) is 5.75 Å². The molecule has 12 heteroatoms. The van der Waals surface area contributed by atoms with E-state index in [0.717, 1.165) is 32.9 Å². The first-order valence-corrected chi connectivity index (χ1v) is 15.8. The number of benzene rings is 3. The van der Waals surface area contributed by atoms with Gasteiger partial charge in [-0.1, -0.05) is 62.4 Å². The summed E-state index contributed by atoms with van der Waals surface area (Å²) in [6.45, 7) is 3.53. The first kappa shape index (κ1) is 33.7. The van der Waals surface area contributed by atoms with Gasteiger partial charge in [-0.05, 0) is 53.3 Å². The number of phenolic OH excluding ortho intramolecular Hbond substituents is 1. The summed E-state index contributed by atoms with van der Waals surface area (Å²) in [7, 11) is 0. The molecule has 4 unspecified atom stereocenters. The zero-order valence-corrected chi connectivity index (χ0v) is 26.7. The Hall–Kier alpha value is -5.62. The highest BCUT2D eigenvalue weighted by Crippen LogP contribution is 2.21. The van der Waals surface area contributed by atoms with Crippen molar-refractivity contribution in [2.45, 2.75) is 57.3 Å². The highest BCUT2D eigenvalue weighted by Gasteiger charge is 2.32. The third-order valence-corrected chi connectivity index (χ3v) is 8.42. The van der Waals surface area contributed by atoms with Gasteiger partial charge in [0.25, 0.3) is 0 Å². The molecule has 0 saturated heterocycles. The Labute approximate surface area is 277 Å². The van der Waals surface area contributed by atoms with E-state index in [1.54, 1.807) is 32.2 Å². The summed E-state index contributed by atoms with van der Waals surface area (Å²) < 4.78 is 0. The number of H-pyrrole nitrogens is 2. The number of carbonyl (C=O) groups excluding carboxylic acids is 3. The molecule has 2 aromatic heterocycles. The van der Waals surface area contributed by atoms with Crippen molar-refractivity contribution in [3.63, 3.8) is 0 Å². The number of nitrogens with one attached hydrogen (secondary N) is 5. The SMILES string of the molecule is CC(C)C(NC(=O)C(N)Cc1c[nH]c2ccccc12)C(=O)NC(Cc1c[nH]c2ccccc12)C(=O)NC(Cc1ccc(O)cc1)C(=O)O. The summed E-state index contributed by atoms with van der Waals surface area (Å²) in [6, 6.07) is 16.7. The van der Waals surface area contributed by atoms with Crippen LogP contribution in [-0.4, -0.2) is 68.0 Å². The van der Waals surface area contributed by atoms with Crippen LogP contribution < -0.4 is 21.7 Å². The zero-order chi connectivity index (χ0) is 34.4. The standard InChI is InChI=1S/C36H40N6O6/c1-20(2)32(42-33(44)27(37)16-22-18-38-28-9-5-3-7-25(22)28)35(46)40-30(17-23-19-39-29-10-6-4-8-26(23)29)34(45)41-31(36(47)48)15-21-11-13-24(43)14-12-21/h3-14,18-20,27,30-32,38-39,43H,15-17,37H2,1-2H3,(H,40,46)(H,41,45)(H,42,44)(H,47,48). The summed E-state index contributed by atoms with van der Waals surface area (Å²) in [6.07, 6.45) is 3.80. The van der Waals surface area contributed by atoms with Gasteiger partial charge in [-0.3, -0.25) is 14.4 Å². The number of para-hydroxylation sites is 2. The Kier molecular flexibility index (Phi) is 10.4. The number of fused-ring (bicyclic) bond motifs is 2. The maximum Gasteiger partial charge on any atom is 0.326 e. The Bertz CT molecular complexity index is 1910. The molecule has 0 aliphatic heterocycles. The van der Waals surface area contributed by atoms with Crippen LogP contribution in [0.2, 0.25) is 0 Å². The molecule has 3 amide bonds. The van der Waals surface area contributed by atoms with E-state index in [-0.39, 0.29) is 30.9 Å². The highest BCUT2D eigenvalue weighted by atomic mass is 16.4. The van der Waals surface area contributed by atoms with Crippen molar-refractivity contribution >= 4 is 45.5 Å². The van der Waals surface area contributed by atoms with Crippen molar-refractivity contribution < 1.29 is 29.4 Å². The predicted molar refractivity (Wildman–Crippen MR) is 182 cm³/mol. The van der Waals surface area contributed by atoms with Gasteiger partial charge < -0.3 is 41.9 Å². The van der Waals surface area contributed by atoms with Gasteiger partial charge in [-0.2, -0.15) is 0 Å². The van der Waals surface area contributed by atoms with Gasteiger partial charge in [0.1, 0.15) is 23.9 Å². The van der Waals surface area contributed by atoms with E-state index in [4.69, 9.17) is 5.73 Å². The van der Waals surface area contributed by atoms with Crippen molar-refractivity contribution in [3.05, 3.63) is 102 Å². The number of carbonyl (C=O) groups is 4. The maximum absolute atomic E-state index is 13.8. The van der Waals surface area contributed by atoms with Crippen LogP contribution >= 0.6 is 0 Å². The zero-order valence-electron chi connectivity index (χ0n) is 26.7. The molecular weight excluding hydrogens is 612 g/mol. The number of carboxylic acids is 1. The number of rotatable bonds is 14. The number of hydrogen-bond donors (Lipinski definition) is 8. The molecule has 0 saturated carbocycles. The van der Waals surface area contributed by atoms with Crippen LogP contribution in [-0.2, 0) is 38.4 Å². The minimum atomic E-state index is -1.31. The third kappa shape index (κ3) is 8.02. The lowest BCUT2D eigenvalue weighted by Crippen LogP contribution is -2.59. The fourth-order valence-corrected chi connectivity index (χ4v) is 5.76. The maximum atomic E-state index is 13.8. The average molecular weight is 653 g/mol. The van der Waals surface area contributed by atoms with Gasteiger partial charge in [0.15, 0.2) is 0 Å². The Morgan fingerprint density at radius 3 is 1.79 bits per heavy atom. The normalized spacial score (nSPS) is 13.9. The van der Waals surface area contributed by atoms with E-state index in [1.165, 1.54) is 12.1 Å². The quantitative estimate of drug-likeness (QED) is 0.0901. The van der Waals surface area contributed by atoms with Crippen LogP contribution in [0.1, 0.15) is 30.5 Å². The summed E-state index contributed by atoms with van der Waals surface area (Å²) in [4.78, 5) is 59.3. The lowest BCUT2D eigenvalue weighted by atomic mass is 9.99. The smallest absolute Gasteiger partial charge is 0.326 e. The summed E-state index contributed by atoms with van der Waals surface area (Å²) in [5.41, 5.74) is 10.3. The molecule has 0 bridgehead atoms. The minimum Gasteiger partial charge on any atom is -0.508 e. The largest absolute Gasteiger partial charge is 0.508 e. The van der Waals surface area contributed by atoms with Crippen LogP contribution in [0, 0.1) is 5.92 Å². The molecule has 0 radical (unpaired) electrons. The first-order chi connectivity index (χ1) is 23.0. The van der Waals surface area contributed by atoms with Crippen LogP contribution in [0.3, 0.4) is 0 Å². The van der Waals surface area contributed by atoms with Gasteiger partial charge in [-0.25, -0.2) is 4.79 Å². The molecular formula is C36H40N6O6. The van der Waals surface area contributed by atoms with Crippen molar-refractivity contribution in [1.29, 1.82) is 0 Å². The molecule has 5 aromatic rings. The molecule has 3 aromatic carbocycles. The molecule has 2 heterocycles. The number of amides is 3. The topological polar surface area (TPSA) is 202 Å². The second-order valence-electron chi connectivity index (χ2n) is 12.3. The van der Waals surface area contributed by atoms with Crippen LogP contribution in [0.5, 0.6) is 5.75 Å². The number of hydrogen-bond acceptors (Lipinski definition) is 6. The number of aromatic hydroxyl groups is 1. The van der Waals surface area contributed by atoms with E-state index in [9.17, 15) is 29.4 Å². The van der Waals surface area contributed by atoms with Gasteiger partial charge in [-0.15, -0.1) is 0 Å². The fraction of sp³-hybridized carbons (Fsp3) is 0.278.